The molecule has 0 atom stereocenters. The lowest BCUT2D eigenvalue weighted by atomic mass is 9.48. The van der Waals surface area contributed by atoms with Gasteiger partial charge in [-0.25, -0.2) is 9.78 Å². The summed E-state index contributed by atoms with van der Waals surface area (Å²) in [6.45, 7) is 7.69. The largest absolute Gasteiger partial charge is 0.459 e. The van der Waals surface area contributed by atoms with Crippen molar-refractivity contribution in [3.63, 3.8) is 0 Å². The van der Waals surface area contributed by atoms with Crippen LogP contribution in [0.2, 0.25) is 0 Å². The molecule has 4 aliphatic rings. The van der Waals surface area contributed by atoms with E-state index in [9.17, 15) is 14.4 Å². The Balaban J connectivity index is 1.21. The lowest BCUT2D eigenvalue weighted by molar-refractivity contribution is -0.155. The number of esters is 2. The molecule has 1 heterocycles. The Morgan fingerprint density at radius 3 is 2.22 bits per heavy atom. The summed E-state index contributed by atoms with van der Waals surface area (Å²) in [7, 11) is 0. The van der Waals surface area contributed by atoms with Gasteiger partial charge in [0.1, 0.15) is 30.3 Å². The monoisotopic (exact) mass is 687 g/mol. The number of carbonyl (C=O) groups excluding carboxylic acids is 3. The van der Waals surface area contributed by atoms with Gasteiger partial charge in [-0.1, -0.05) is 60.7 Å². The lowest BCUT2D eigenvalue weighted by Crippen LogP contribution is -2.46. The fourth-order valence-electron chi connectivity index (χ4n) is 9.32. The number of ether oxygens (including phenoxy) is 2. The van der Waals surface area contributed by atoms with Crippen LogP contribution in [0.5, 0.6) is 0 Å². The minimum Gasteiger partial charge on any atom is -0.459 e. The van der Waals surface area contributed by atoms with Gasteiger partial charge < -0.3 is 19.4 Å². The number of nitrogens with zero attached hydrogens (tertiary/aromatic N) is 2. The number of anilines is 1. The molecule has 3 aromatic carbocycles. The predicted octanol–water partition coefficient (Wildman–Crippen LogP) is 8.96. The molecule has 0 saturated heterocycles. The van der Waals surface area contributed by atoms with E-state index < -0.39 is 11.6 Å². The molecule has 8 nitrogen and oxygen atoms in total. The van der Waals surface area contributed by atoms with Gasteiger partial charge in [0.05, 0.1) is 11.3 Å². The lowest BCUT2D eigenvalue weighted by Gasteiger charge is -2.57. The molecule has 0 spiro atoms. The third kappa shape index (κ3) is 7.95. The number of imidazole rings is 1. The molecular formula is C43H49N3O5. The Morgan fingerprint density at radius 2 is 1.55 bits per heavy atom. The minimum atomic E-state index is -0.659. The molecule has 0 unspecified atom stereocenters. The Labute approximate surface area is 301 Å². The number of hydrogen-bond donors (Lipinski definition) is 1. The zero-order chi connectivity index (χ0) is 35.8. The third-order valence-corrected chi connectivity index (χ3v) is 11.0. The Hall–Kier alpha value is -4.72. The highest BCUT2D eigenvalue weighted by Gasteiger charge is 2.50. The van der Waals surface area contributed by atoms with E-state index in [2.05, 4.69) is 5.32 Å². The first-order valence-corrected chi connectivity index (χ1v) is 18.4. The maximum Gasteiger partial charge on any atom is 0.338 e. The van der Waals surface area contributed by atoms with Gasteiger partial charge in [0.25, 0.3) is 5.91 Å². The Bertz CT molecular complexity index is 1890. The summed E-state index contributed by atoms with van der Waals surface area (Å²) < 4.78 is 13.3. The van der Waals surface area contributed by atoms with E-state index >= 15 is 0 Å². The van der Waals surface area contributed by atoms with E-state index in [0.717, 1.165) is 46.6 Å². The Kier molecular flexibility index (Phi) is 9.62. The van der Waals surface area contributed by atoms with E-state index in [1.54, 1.807) is 24.3 Å². The molecule has 4 fully saturated rings. The number of aryl methyl sites for hydroxylation is 1. The van der Waals surface area contributed by atoms with Gasteiger partial charge in [0, 0.05) is 11.3 Å². The number of nitrogens with one attached hydrogen (secondary N) is 1. The zero-order valence-corrected chi connectivity index (χ0v) is 30.2. The van der Waals surface area contributed by atoms with E-state index in [-0.39, 0.29) is 30.4 Å². The smallest absolute Gasteiger partial charge is 0.338 e. The topological polar surface area (TPSA) is 99.5 Å². The summed E-state index contributed by atoms with van der Waals surface area (Å²) >= 11 is 0. The molecule has 4 aromatic rings. The second-order valence-electron chi connectivity index (χ2n) is 16.2. The van der Waals surface area contributed by atoms with E-state index in [1.807, 2.05) is 86.9 Å². The number of benzene rings is 3. The Morgan fingerprint density at radius 1 is 0.882 bits per heavy atom. The minimum absolute atomic E-state index is 0.0554. The van der Waals surface area contributed by atoms with Crippen molar-refractivity contribution in [1.29, 1.82) is 0 Å². The number of hydrogen-bond acceptors (Lipinski definition) is 6. The van der Waals surface area contributed by atoms with Gasteiger partial charge in [0.2, 0.25) is 0 Å². The van der Waals surface area contributed by atoms with E-state index in [0.29, 0.717) is 29.2 Å². The number of amides is 1. The number of carbonyl (C=O) groups is 3. The highest BCUT2D eigenvalue weighted by Crippen LogP contribution is 2.61. The summed E-state index contributed by atoms with van der Waals surface area (Å²) in [5.41, 5.74) is 4.18. The van der Waals surface area contributed by atoms with Crippen molar-refractivity contribution in [3.05, 3.63) is 107 Å². The molecule has 0 aliphatic heterocycles. The first-order valence-electron chi connectivity index (χ1n) is 18.4. The maximum atomic E-state index is 14.3. The summed E-state index contributed by atoms with van der Waals surface area (Å²) in [5.74, 6) is 1.75. The van der Waals surface area contributed by atoms with Crippen molar-refractivity contribution in [2.75, 3.05) is 5.32 Å². The maximum absolute atomic E-state index is 14.3. The molecule has 8 heteroatoms. The molecule has 51 heavy (non-hydrogen) atoms. The van der Waals surface area contributed by atoms with Crippen molar-refractivity contribution >= 4 is 23.5 Å². The van der Waals surface area contributed by atoms with Crippen LogP contribution in [0.1, 0.15) is 103 Å². The molecule has 4 bridgehead atoms. The summed E-state index contributed by atoms with van der Waals surface area (Å²) in [6, 6.07) is 24.2. The van der Waals surface area contributed by atoms with Gasteiger partial charge in [-0.15, -0.1) is 0 Å². The van der Waals surface area contributed by atoms with Crippen LogP contribution in [-0.2, 0) is 33.8 Å². The van der Waals surface area contributed by atoms with Crippen molar-refractivity contribution in [1.82, 2.24) is 9.55 Å². The fourth-order valence-corrected chi connectivity index (χ4v) is 9.32. The van der Waals surface area contributed by atoms with Gasteiger partial charge in [-0.05, 0) is 132 Å². The van der Waals surface area contributed by atoms with Crippen LogP contribution in [-0.4, -0.2) is 33.0 Å². The quantitative estimate of drug-likeness (QED) is 0.158. The summed E-state index contributed by atoms with van der Waals surface area (Å²) in [6.07, 6.45) is 9.41. The van der Waals surface area contributed by atoms with E-state index in [1.165, 1.54) is 38.5 Å². The van der Waals surface area contributed by atoms with Crippen molar-refractivity contribution in [3.8, 4) is 11.4 Å². The average Bonchev–Trinajstić information content (AvgIpc) is 3.43. The highest BCUT2D eigenvalue weighted by atomic mass is 16.6. The molecule has 8 rings (SSSR count). The second-order valence-corrected chi connectivity index (χ2v) is 16.2. The van der Waals surface area contributed by atoms with Crippen molar-refractivity contribution < 1.29 is 23.9 Å². The first kappa shape index (κ1) is 34.7. The molecule has 1 amide bonds. The molecule has 0 radical (unpaired) electrons. The normalized spacial score (nSPS) is 22.1. The van der Waals surface area contributed by atoms with E-state index in [4.69, 9.17) is 14.5 Å². The van der Waals surface area contributed by atoms with Crippen LogP contribution in [0.3, 0.4) is 0 Å². The molecular weight excluding hydrogens is 638 g/mol. The molecule has 1 aromatic heterocycles. The highest BCUT2D eigenvalue weighted by molar-refractivity contribution is 6.05. The first-order chi connectivity index (χ1) is 24.4. The molecule has 266 valence electrons. The van der Waals surface area contributed by atoms with Crippen LogP contribution in [0.4, 0.5) is 5.69 Å². The van der Waals surface area contributed by atoms with Crippen LogP contribution >= 0.6 is 0 Å². The average molecular weight is 688 g/mol. The SMILES string of the molecule is Cc1ccccc1-c1nc(C(=O)Nc2cccc(C(=O)OCc3ccccc3)c2)c(CCC23CC4CC(CC(C4)C2)C3)n1CC(=O)OC(C)(C)C. The number of aromatic nitrogens is 2. The predicted molar refractivity (Wildman–Crippen MR) is 197 cm³/mol. The summed E-state index contributed by atoms with van der Waals surface area (Å²) in [4.78, 5) is 45.8. The molecule has 1 N–H and O–H groups in total. The molecule has 4 saturated carbocycles. The van der Waals surface area contributed by atoms with Crippen LogP contribution in [0.15, 0.2) is 78.9 Å². The van der Waals surface area contributed by atoms with Crippen LogP contribution in [0.25, 0.3) is 11.4 Å². The fraction of sp³-hybridized carbons (Fsp3) is 0.442. The second kappa shape index (κ2) is 14.1. The van der Waals surface area contributed by atoms with Gasteiger partial charge >= 0.3 is 11.9 Å². The van der Waals surface area contributed by atoms with Gasteiger partial charge in [-0.2, -0.15) is 0 Å². The zero-order valence-electron chi connectivity index (χ0n) is 30.2. The van der Waals surface area contributed by atoms with Crippen LogP contribution < -0.4 is 5.32 Å². The van der Waals surface area contributed by atoms with Crippen molar-refractivity contribution in [2.24, 2.45) is 23.2 Å². The third-order valence-electron chi connectivity index (χ3n) is 11.0. The number of rotatable bonds is 11. The molecule has 4 aliphatic carbocycles. The van der Waals surface area contributed by atoms with Crippen LogP contribution in [0, 0.1) is 30.1 Å². The summed E-state index contributed by atoms with van der Waals surface area (Å²) in [5, 5.41) is 3.02. The van der Waals surface area contributed by atoms with Gasteiger partial charge in [0.15, 0.2) is 0 Å². The standard InChI is InChI=1S/C43H49N3O5/c1-28-11-8-9-16-35(28)39-45-38(40(48)44-34-15-10-14-33(22-34)41(49)50-27-29-12-6-5-7-13-29)36(46(39)26-37(47)51-42(2,3)4)17-18-43-23-30-19-31(24-43)21-32(20-30)25-43/h5-16,22,30-32H,17-21,23-27H2,1-4H3,(H,44,48). The van der Waals surface area contributed by atoms with Gasteiger partial charge in [-0.3, -0.25) is 9.59 Å². The van der Waals surface area contributed by atoms with Crippen molar-refractivity contribution in [2.45, 2.75) is 97.8 Å².